The zero-order valence-electron chi connectivity index (χ0n) is 10.7. The van der Waals surface area contributed by atoms with Gasteiger partial charge in [0.25, 0.3) is 0 Å². The monoisotopic (exact) mass is 269 g/mol. The molecule has 0 saturated heterocycles. The number of nitrogens with one attached hydrogen (secondary N) is 1. The second kappa shape index (κ2) is 5.75. The smallest absolute Gasteiger partial charge is 0.305 e. The molecule has 2 rings (SSSR count). The molecule has 0 radical (unpaired) electrons. The van der Waals surface area contributed by atoms with Crippen LogP contribution in [-0.2, 0) is 6.54 Å². The summed E-state index contributed by atoms with van der Waals surface area (Å²) in [6.07, 6.45) is 0. The first-order chi connectivity index (χ1) is 9.60. The molecule has 0 spiro atoms. The van der Waals surface area contributed by atoms with Crippen LogP contribution in [0.5, 0.6) is 0 Å². The number of anilines is 1. The summed E-state index contributed by atoms with van der Waals surface area (Å²) < 4.78 is 0. The number of rotatable bonds is 4. The third kappa shape index (κ3) is 3.05. The van der Waals surface area contributed by atoms with Gasteiger partial charge in [-0.3, -0.25) is 15.1 Å². The summed E-state index contributed by atoms with van der Waals surface area (Å²) in [5.41, 5.74) is 1.21. The number of aryl methyl sites for hydroxylation is 1. The Bertz CT molecular complexity index is 693. The fourth-order valence-corrected chi connectivity index (χ4v) is 1.66. The number of aromatic nitrogens is 2. The molecule has 0 aliphatic heterocycles. The molecule has 0 fully saturated rings. The first-order valence-corrected chi connectivity index (χ1v) is 5.82. The zero-order valence-corrected chi connectivity index (χ0v) is 10.7. The summed E-state index contributed by atoms with van der Waals surface area (Å²) in [7, 11) is 0. The van der Waals surface area contributed by atoms with E-state index in [0.717, 1.165) is 11.4 Å². The van der Waals surface area contributed by atoms with Crippen molar-refractivity contribution in [2.75, 3.05) is 5.32 Å². The van der Waals surface area contributed by atoms with Gasteiger partial charge >= 0.3 is 5.69 Å². The molecule has 2 aromatic heterocycles. The highest BCUT2D eigenvalue weighted by atomic mass is 16.6. The first-order valence-electron chi connectivity index (χ1n) is 5.82. The summed E-state index contributed by atoms with van der Waals surface area (Å²) >= 11 is 0. The van der Waals surface area contributed by atoms with Crippen molar-refractivity contribution in [3.05, 3.63) is 57.5 Å². The van der Waals surface area contributed by atoms with Crippen molar-refractivity contribution in [3.63, 3.8) is 0 Å². The van der Waals surface area contributed by atoms with Crippen molar-refractivity contribution in [2.45, 2.75) is 13.5 Å². The molecule has 0 atom stereocenters. The number of nitriles is 1. The van der Waals surface area contributed by atoms with E-state index in [9.17, 15) is 10.1 Å². The van der Waals surface area contributed by atoms with Crippen molar-refractivity contribution in [1.82, 2.24) is 9.97 Å². The SMILES string of the molecule is Cc1cccc(CNc2ccc([N+](=O)[O-])c(C#N)n2)n1. The summed E-state index contributed by atoms with van der Waals surface area (Å²) in [6.45, 7) is 2.32. The Kier molecular flexibility index (Phi) is 3.86. The van der Waals surface area contributed by atoms with Crippen LogP contribution in [0.2, 0.25) is 0 Å². The van der Waals surface area contributed by atoms with Gasteiger partial charge in [0.1, 0.15) is 11.9 Å². The second-order valence-electron chi connectivity index (χ2n) is 4.06. The highest BCUT2D eigenvalue weighted by molar-refractivity contribution is 5.50. The van der Waals surface area contributed by atoms with E-state index in [2.05, 4.69) is 15.3 Å². The lowest BCUT2D eigenvalue weighted by Gasteiger charge is -2.06. The molecular weight excluding hydrogens is 258 g/mol. The van der Waals surface area contributed by atoms with Crippen molar-refractivity contribution in [3.8, 4) is 6.07 Å². The van der Waals surface area contributed by atoms with Crippen LogP contribution in [0.25, 0.3) is 0 Å². The van der Waals surface area contributed by atoms with Gasteiger partial charge in [0.2, 0.25) is 5.69 Å². The number of hydrogen-bond acceptors (Lipinski definition) is 6. The van der Waals surface area contributed by atoms with Crippen molar-refractivity contribution >= 4 is 11.5 Å². The molecule has 2 aromatic rings. The van der Waals surface area contributed by atoms with E-state index < -0.39 is 4.92 Å². The standard InChI is InChI=1S/C13H11N5O2/c1-9-3-2-4-10(16-9)8-15-13-6-5-12(18(19)20)11(7-14)17-13/h2-6H,8H2,1H3,(H,15,17). The molecule has 0 aliphatic rings. The fraction of sp³-hybridized carbons (Fsp3) is 0.154. The quantitative estimate of drug-likeness (QED) is 0.673. The summed E-state index contributed by atoms with van der Waals surface area (Å²) in [6, 6.07) is 10.1. The third-order valence-electron chi connectivity index (χ3n) is 2.57. The van der Waals surface area contributed by atoms with Crippen LogP contribution in [0.1, 0.15) is 17.1 Å². The van der Waals surface area contributed by atoms with Crippen LogP contribution >= 0.6 is 0 Å². The average Bonchev–Trinajstić information content (AvgIpc) is 2.44. The summed E-state index contributed by atoms with van der Waals surface area (Å²) in [4.78, 5) is 18.3. The number of nitrogens with zero attached hydrogens (tertiary/aromatic N) is 4. The summed E-state index contributed by atoms with van der Waals surface area (Å²) in [5.74, 6) is 0.399. The van der Waals surface area contributed by atoms with Gasteiger partial charge in [-0.15, -0.1) is 0 Å². The van der Waals surface area contributed by atoms with Crippen LogP contribution in [0.3, 0.4) is 0 Å². The van der Waals surface area contributed by atoms with E-state index in [1.54, 1.807) is 6.07 Å². The molecule has 0 bridgehead atoms. The molecule has 0 aliphatic carbocycles. The molecule has 0 saturated carbocycles. The van der Waals surface area contributed by atoms with Gasteiger partial charge in [-0.25, -0.2) is 4.98 Å². The number of hydrogen-bond donors (Lipinski definition) is 1. The van der Waals surface area contributed by atoms with E-state index in [-0.39, 0.29) is 11.4 Å². The summed E-state index contributed by atoms with van der Waals surface area (Å²) in [5, 5.41) is 22.5. The van der Waals surface area contributed by atoms with Crippen LogP contribution in [0.4, 0.5) is 11.5 Å². The van der Waals surface area contributed by atoms with Crippen LogP contribution in [-0.4, -0.2) is 14.9 Å². The highest BCUT2D eigenvalue weighted by Crippen LogP contribution is 2.18. The number of pyridine rings is 2. The molecule has 2 heterocycles. The molecule has 7 nitrogen and oxygen atoms in total. The highest BCUT2D eigenvalue weighted by Gasteiger charge is 2.15. The maximum absolute atomic E-state index is 10.7. The van der Waals surface area contributed by atoms with E-state index in [0.29, 0.717) is 12.4 Å². The molecule has 7 heteroatoms. The van der Waals surface area contributed by atoms with E-state index in [1.807, 2.05) is 25.1 Å². The Morgan fingerprint density at radius 3 is 2.80 bits per heavy atom. The fourth-order valence-electron chi connectivity index (χ4n) is 1.66. The molecule has 0 aromatic carbocycles. The van der Waals surface area contributed by atoms with Gasteiger partial charge in [-0.05, 0) is 25.1 Å². The normalized spacial score (nSPS) is 9.80. The minimum Gasteiger partial charge on any atom is -0.364 e. The molecule has 1 N–H and O–H groups in total. The number of nitro groups is 1. The van der Waals surface area contributed by atoms with Gasteiger partial charge in [0, 0.05) is 11.8 Å². The minimum absolute atomic E-state index is 0.211. The van der Waals surface area contributed by atoms with Gasteiger partial charge in [0.15, 0.2) is 0 Å². The third-order valence-corrected chi connectivity index (χ3v) is 2.57. The van der Waals surface area contributed by atoms with E-state index in [1.165, 1.54) is 12.1 Å². The largest absolute Gasteiger partial charge is 0.364 e. The maximum atomic E-state index is 10.7. The molecule has 20 heavy (non-hydrogen) atoms. The van der Waals surface area contributed by atoms with Gasteiger partial charge in [-0.2, -0.15) is 5.26 Å². The second-order valence-corrected chi connectivity index (χ2v) is 4.06. The first kappa shape index (κ1) is 13.4. The minimum atomic E-state index is -0.628. The molecule has 0 unspecified atom stereocenters. The Morgan fingerprint density at radius 1 is 1.35 bits per heavy atom. The maximum Gasteiger partial charge on any atom is 0.305 e. The molecular formula is C13H11N5O2. The topological polar surface area (TPSA) is 105 Å². The predicted octanol–water partition coefficient (Wildman–Crippen LogP) is 2.18. The van der Waals surface area contributed by atoms with Gasteiger partial charge < -0.3 is 5.32 Å². The lowest BCUT2D eigenvalue weighted by Crippen LogP contribution is -2.05. The van der Waals surface area contributed by atoms with Crippen molar-refractivity contribution in [1.29, 1.82) is 5.26 Å². The lowest BCUT2D eigenvalue weighted by molar-refractivity contribution is -0.385. The lowest BCUT2D eigenvalue weighted by atomic mass is 10.3. The Balaban J connectivity index is 2.15. The molecule has 0 amide bonds. The van der Waals surface area contributed by atoms with Crippen LogP contribution in [0, 0.1) is 28.4 Å². The van der Waals surface area contributed by atoms with Crippen molar-refractivity contribution < 1.29 is 4.92 Å². The average molecular weight is 269 g/mol. The Labute approximate surface area is 115 Å². The molecule has 100 valence electrons. The van der Waals surface area contributed by atoms with E-state index >= 15 is 0 Å². The van der Waals surface area contributed by atoms with Gasteiger partial charge in [0.05, 0.1) is 17.2 Å². The van der Waals surface area contributed by atoms with Crippen LogP contribution < -0.4 is 5.32 Å². The Morgan fingerprint density at radius 2 is 2.15 bits per heavy atom. The van der Waals surface area contributed by atoms with E-state index in [4.69, 9.17) is 5.26 Å². The Hall–Kier alpha value is -3.01. The van der Waals surface area contributed by atoms with Gasteiger partial charge in [-0.1, -0.05) is 6.07 Å². The predicted molar refractivity (Wildman–Crippen MR) is 71.9 cm³/mol. The van der Waals surface area contributed by atoms with Crippen molar-refractivity contribution in [2.24, 2.45) is 0 Å². The van der Waals surface area contributed by atoms with Crippen LogP contribution in [0.15, 0.2) is 30.3 Å². The zero-order chi connectivity index (χ0) is 14.5.